The van der Waals surface area contributed by atoms with Gasteiger partial charge in [-0.15, -0.1) is 11.3 Å². The molecule has 2 aromatic rings. The van der Waals surface area contributed by atoms with Gasteiger partial charge in [-0.2, -0.15) is 0 Å². The quantitative estimate of drug-likeness (QED) is 0.914. The maximum Gasteiger partial charge on any atom is 0.251 e. The molecule has 0 spiro atoms. The molecule has 1 amide bonds. The highest BCUT2D eigenvalue weighted by atomic mass is 32.1. The Morgan fingerprint density at radius 2 is 2.10 bits per heavy atom. The Morgan fingerprint density at radius 3 is 2.67 bits per heavy atom. The third-order valence-corrected chi connectivity index (χ3v) is 3.81. The predicted molar refractivity (Wildman–Crippen MR) is 83.8 cm³/mol. The van der Waals surface area contributed by atoms with Crippen LogP contribution in [0.25, 0.3) is 0 Å². The number of nitrogens with zero attached hydrogens (tertiary/aromatic N) is 1. The Hall–Kier alpha value is -1.95. The molecule has 2 aromatic heterocycles. The Kier molecular flexibility index (Phi) is 4.27. The molecule has 0 aromatic carbocycles. The van der Waals surface area contributed by atoms with Crippen molar-refractivity contribution in [2.24, 2.45) is 0 Å². The van der Waals surface area contributed by atoms with Crippen LogP contribution in [0.15, 0.2) is 22.3 Å². The van der Waals surface area contributed by atoms with E-state index in [0.29, 0.717) is 17.8 Å². The van der Waals surface area contributed by atoms with Crippen molar-refractivity contribution >= 4 is 17.2 Å². The van der Waals surface area contributed by atoms with E-state index in [-0.39, 0.29) is 16.9 Å². The van der Waals surface area contributed by atoms with Gasteiger partial charge in [-0.3, -0.25) is 9.59 Å². The maximum atomic E-state index is 12.0. The number of amides is 1. The number of thiazole rings is 1. The van der Waals surface area contributed by atoms with Gasteiger partial charge in [-0.1, -0.05) is 20.8 Å². The predicted octanol–water partition coefficient (Wildman–Crippen LogP) is 2.37. The summed E-state index contributed by atoms with van der Waals surface area (Å²) < 4.78 is 0. The molecule has 0 bridgehead atoms. The SMILES string of the molecule is Cc1cc(C(=O)NCc2nc(C(C)(C)C)cs2)cc(=O)[nH]1. The average molecular weight is 305 g/mol. The number of rotatable bonds is 3. The van der Waals surface area contributed by atoms with Gasteiger partial charge >= 0.3 is 0 Å². The number of aryl methyl sites for hydroxylation is 1. The van der Waals surface area contributed by atoms with E-state index in [0.717, 1.165) is 10.7 Å². The number of pyridine rings is 1. The number of carbonyl (C=O) groups excluding carboxylic acids is 1. The van der Waals surface area contributed by atoms with Gasteiger partial charge in [0, 0.05) is 28.1 Å². The maximum absolute atomic E-state index is 12.0. The molecule has 0 atom stereocenters. The molecule has 0 radical (unpaired) electrons. The number of carbonyl (C=O) groups is 1. The van der Waals surface area contributed by atoms with E-state index < -0.39 is 0 Å². The zero-order chi connectivity index (χ0) is 15.6. The van der Waals surface area contributed by atoms with Gasteiger partial charge in [-0.25, -0.2) is 4.98 Å². The summed E-state index contributed by atoms with van der Waals surface area (Å²) in [6.45, 7) is 8.41. The summed E-state index contributed by atoms with van der Waals surface area (Å²) in [5.74, 6) is -0.267. The van der Waals surface area contributed by atoms with Crippen molar-refractivity contribution in [3.05, 3.63) is 49.8 Å². The summed E-state index contributed by atoms with van der Waals surface area (Å²) in [6.07, 6.45) is 0. The molecule has 0 aliphatic carbocycles. The standard InChI is InChI=1S/C15H19N3O2S/c1-9-5-10(6-12(19)17-9)14(20)16-7-13-18-11(8-21-13)15(2,3)4/h5-6,8H,7H2,1-4H3,(H,16,20)(H,17,19). The second kappa shape index (κ2) is 5.81. The van der Waals surface area contributed by atoms with Gasteiger partial charge in [0.25, 0.3) is 5.91 Å². The van der Waals surface area contributed by atoms with E-state index in [2.05, 4.69) is 36.1 Å². The van der Waals surface area contributed by atoms with Crippen LogP contribution >= 0.6 is 11.3 Å². The van der Waals surface area contributed by atoms with Crippen LogP contribution in [0.3, 0.4) is 0 Å². The normalized spacial score (nSPS) is 11.4. The minimum Gasteiger partial charge on any atom is -0.346 e. The highest BCUT2D eigenvalue weighted by molar-refractivity contribution is 7.09. The van der Waals surface area contributed by atoms with Gasteiger partial charge < -0.3 is 10.3 Å². The number of hydrogen-bond acceptors (Lipinski definition) is 4. The van der Waals surface area contributed by atoms with E-state index in [1.807, 2.05) is 5.38 Å². The highest BCUT2D eigenvalue weighted by Gasteiger charge is 2.17. The molecule has 2 N–H and O–H groups in total. The first-order valence-electron chi connectivity index (χ1n) is 6.70. The van der Waals surface area contributed by atoms with Crippen molar-refractivity contribution in [1.29, 1.82) is 0 Å². The van der Waals surface area contributed by atoms with Gasteiger partial charge in [0.05, 0.1) is 12.2 Å². The smallest absolute Gasteiger partial charge is 0.251 e. The van der Waals surface area contributed by atoms with E-state index in [4.69, 9.17) is 0 Å². The second-order valence-corrected chi connectivity index (χ2v) is 6.92. The third kappa shape index (κ3) is 4.01. The first-order chi connectivity index (χ1) is 9.75. The lowest BCUT2D eigenvalue weighted by atomic mass is 9.93. The lowest BCUT2D eigenvalue weighted by Crippen LogP contribution is -2.24. The average Bonchev–Trinajstić information content (AvgIpc) is 2.83. The first kappa shape index (κ1) is 15.4. The van der Waals surface area contributed by atoms with Crippen LogP contribution in [0.4, 0.5) is 0 Å². The molecule has 0 aliphatic rings. The van der Waals surface area contributed by atoms with Gasteiger partial charge in [0.1, 0.15) is 5.01 Å². The molecule has 0 saturated heterocycles. The zero-order valence-corrected chi connectivity index (χ0v) is 13.4. The summed E-state index contributed by atoms with van der Waals surface area (Å²) in [4.78, 5) is 30.5. The number of aromatic amines is 1. The lowest BCUT2D eigenvalue weighted by molar-refractivity contribution is 0.0950. The molecule has 5 nitrogen and oxygen atoms in total. The van der Waals surface area contributed by atoms with Crippen molar-refractivity contribution in [1.82, 2.24) is 15.3 Å². The van der Waals surface area contributed by atoms with Crippen LogP contribution in [-0.4, -0.2) is 15.9 Å². The number of nitrogens with one attached hydrogen (secondary N) is 2. The van der Waals surface area contributed by atoms with Crippen molar-refractivity contribution in [2.75, 3.05) is 0 Å². The molecule has 21 heavy (non-hydrogen) atoms. The fraction of sp³-hybridized carbons (Fsp3) is 0.400. The van der Waals surface area contributed by atoms with E-state index in [1.165, 1.54) is 17.4 Å². The van der Waals surface area contributed by atoms with Crippen LogP contribution in [-0.2, 0) is 12.0 Å². The topological polar surface area (TPSA) is 74.8 Å². The Bertz CT molecular complexity index is 710. The molecular formula is C15H19N3O2S. The van der Waals surface area contributed by atoms with Crippen molar-refractivity contribution in [2.45, 2.75) is 39.7 Å². The number of H-pyrrole nitrogens is 1. The van der Waals surface area contributed by atoms with E-state index >= 15 is 0 Å². The fourth-order valence-corrected chi connectivity index (χ4v) is 2.77. The van der Waals surface area contributed by atoms with Crippen LogP contribution in [0.5, 0.6) is 0 Å². The molecule has 2 rings (SSSR count). The Morgan fingerprint density at radius 1 is 1.38 bits per heavy atom. The minimum atomic E-state index is -0.274. The summed E-state index contributed by atoms with van der Waals surface area (Å²) >= 11 is 1.53. The minimum absolute atomic E-state index is 0.00257. The van der Waals surface area contributed by atoms with Gasteiger partial charge in [0.2, 0.25) is 5.56 Å². The van der Waals surface area contributed by atoms with Crippen molar-refractivity contribution < 1.29 is 4.79 Å². The summed E-state index contributed by atoms with van der Waals surface area (Å²) in [5, 5.41) is 5.66. The third-order valence-electron chi connectivity index (χ3n) is 2.96. The lowest BCUT2D eigenvalue weighted by Gasteiger charge is -2.14. The van der Waals surface area contributed by atoms with E-state index in [9.17, 15) is 9.59 Å². The van der Waals surface area contributed by atoms with Gasteiger partial charge in [0.15, 0.2) is 0 Å². The highest BCUT2D eigenvalue weighted by Crippen LogP contribution is 2.23. The molecule has 0 saturated carbocycles. The van der Waals surface area contributed by atoms with Crippen LogP contribution in [0.2, 0.25) is 0 Å². The molecule has 6 heteroatoms. The second-order valence-electron chi connectivity index (χ2n) is 5.98. The summed E-state index contributed by atoms with van der Waals surface area (Å²) in [6, 6.07) is 2.95. The molecule has 0 aliphatic heterocycles. The van der Waals surface area contributed by atoms with Crippen molar-refractivity contribution in [3.8, 4) is 0 Å². The Balaban J connectivity index is 2.04. The summed E-state index contributed by atoms with van der Waals surface area (Å²) in [5.41, 5.74) is 1.77. The van der Waals surface area contributed by atoms with Crippen molar-refractivity contribution in [3.63, 3.8) is 0 Å². The monoisotopic (exact) mass is 305 g/mol. The number of hydrogen-bond donors (Lipinski definition) is 2. The van der Waals surface area contributed by atoms with Crippen LogP contribution < -0.4 is 10.9 Å². The molecule has 112 valence electrons. The van der Waals surface area contributed by atoms with Crippen LogP contribution in [0, 0.1) is 6.92 Å². The molecular weight excluding hydrogens is 286 g/mol. The Labute approximate surface area is 127 Å². The number of aromatic nitrogens is 2. The van der Waals surface area contributed by atoms with Crippen LogP contribution in [0.1, 0.15) is 47.5 Å². The molecule has 0 fully saturated rings. The zero-order valence-electron chi connectivity index (χ0n) is 12.6. The molecule has 0 unspecified atom stereocenters. The largest absolute Gasteiger partial charge is 0.346 e. The first-order valence-corrected chi connectivity index (χ1v) is 7.58. The molecule has 2 heterocycles. The van der Waals surface area contributed by atoms with E-state index in [1.54, 1.807) is 13.0 Å². The van der Waals surface area contributed by atoms with Gasteiger partial charge in [-0.05, 0) is 13.0 Å². The summed E-state index contributed by atoms with van der Waals surface area (Å²) in [7, 11) is 0. The fourth-order valence-electron chi connectivity index (χ4n) is 1.81.